The molecule has 6 nitrogen and oxygen atoms in total. The molecule has 1 aliphatic carbocycles. The minimum absolute atomic E-state index is 0.111. The lowest BCUT2D eigenvalue weighted by atomic mass is 10.2. The van der Waals surface area contributed by atoms with Crippen molar-refractivity contribution in [2.75, 3.05) is 26.3 Å². The molecular weight excluding hydrogens is 272 g/mol. The van der Waals surface area contributed by atoms with Crippen LogP contribution in [0.15, 0.2) is 0 Å². The molecule has 0 bridgehead atoms. The Labute approximate surface area is 126 Å². The predicted molar refractivity (Wildman–Crippen MR) is 80.0 cm³/mol. The molecule has 0 radical (unpaired) electrons. The molecule has 0 aliphatic heterocycles. The van der Waals surface area contributed by atoms with Crippen molar-refractivity contribution in [1.82, 2.24) is 10.6 Å². The van der Waals surface area contributed by atoms with Gasteiger partial charge in [-0.1, -0.05) is 6.92 Å². The number of hydrogen-bond donors (Lipinski definition) is 2. The fourth-order valence-corrected chi connectivity index (χ4v) is 1.59. The van der Waals surface area contributed by atoms with Gasteiger partial charge >= 0.3 is 6.09 Å². The van der Waals surface area contributed by atoms with Crippen LogP contribution in [0.2, 0.25) is 0 Å². The maximum absolute atomic E-state index is 11.5. The monoisotopic (exact) mass is 300 g/mol. The summed E-state index contributed by atoms with van der Waals surface area (Å²) in [6, 6.07) is 0. The van der Waals surface area contributed by atoms with Crippen LogP contribution in [0.3, 0.4) is 0 Å². The second kappa shape index (κ2) is 8.22. The molecule has 2 N–H and O–H groups in total. The van der Waals surface area contributed by atoms with Crippen molar-refractivity contribution in [3.63, 3.8) is 0 Å². The molecule has 1 aliphatic rings. The van der Waals surface area contributed by atoms with Crippen molar-refractivity contribution in [3.8, 4) is 0 Å². The number of ether oxygens (including phenoxy) is 2. The summed E-state index contributed by atoms with van der Waals surface area (Å²) in [6.07, 6.45) is 2.00. The molecule has 0 aromatic heterocycles. The van der Waals surface area contributed by atoms with E-state index >= 15 is 0 Å². The van der Waals surface area contributed by atoms with Gasteiger partial charge in [-0.05, 0) is 45.4 Å². The largest absolute Gasteiger partial charge is 0.444 e. The first kappa shape index (κ1) is 17.8. The molecule has 2 amide bonds. The zero-order chi connectivity index (χ0) is 15.9. The number of carbonyl (C=O) groups is 2. The highest BCUT2D eigenvalue weighted by molar-refractivity contribution is 5.77. The van der Waals surface area contributed by atoms with Gasteiger partial charge < -0.3 is 20.1 Å². The van der Waals surface area contributed by atoms with Gasteiger partial charge in [-0.2, -0.15) is 0 Å². The van der Waals surface area contributed by atoms with Gasteiger partial charge in [0.2, 0.25) is 5.91 Å². The number of rotatable bonds is 8. The quantitative estimate of drug-likeness (QED) is 0.715. The van der Waals surface area contributed by atoms with E-state index in [0.717, 1.165) is 0 Å². The van der Waals surface area contributed by atoms with Gasteiger partial charge in [0.05, 0.1) is 6.61 Å². The Balaban J connectivity index is 2.02. The number of nitrogens with one attached hydrogen (secondary N) is 2. The molecule has 122 valence electrons. The fraction of sp³-hybridized carbons (Fsp3) is 0.867. The highest BCUT2D eigenvalue weighted by atomic mass is 16.6. The summed E-state index contributed by atoms with van der Waals surface area (Å²) in [4.78, 5) is 23.0. The van der Waals surface area contributed by atoms with Gasteiger partial charge in [-0.15, -0.1) is 0 Å². The van der Waals surface area contributed by atoms with E-state index in [1.165, 1.54) is 12.8 Å². The van der Waals surface area contributed by atoms with E-state index in [0.29, 0.717) is 25.6 Å². The summed E-state index contributed by atoms with van der Waals surface area (Å²) >= 11 is 0. The summed E-state index contributed by atoms with van der Waals surface area (Å²) in [7, 11) is 0. The first-order chi connectivity index (χ1) is 9.76. The fourth-order valence-electron chi connectivity index (χ4n) is 1.59. The van der Waals surface area contributed by atoms with E-state index in [2.05, 4.69) is 10.6 Å². The highest BCUT2D eigenvalue weighted by Crippen LogP contribution is 2.28. The molecule has 0 aromatic rings. The van der Waals surface area contributed by atoms with Crippen molar-refractivity contribution in [3.05, 3.63) is 0 Å². The Morgan fingerprint density at radius 3 is 2.38 bits per heavy atom. The molecule has 0 aromatic carbocycles. The van der Waals surface area contributed by atoms with Crippen molar-refractivity contribution >= 4 is 12.0 Å². The topological polar surface area (TPSA) is 76.7 Å². The lowest BCUT2D eigenvalue weighted by molar-refractivity contribution is -0.126. The highest BCUT2D eigenvalue weighted by Gasteiger charge is 2.21. The summed E-state index contributed by atoms with van der Waals surface area (Å²) in [5.41, 5.74) is -0.500. The van der Waals surface area contributed by atoms with Gasteiger partial charge in [0.1, 0.15) is 12.2 Å². The van der Waals surface area contributed by atoms with E-state index in [-0.39, 0.29) is 18.4 Å². The Morgan fingerprint density at radius 1 is 1.19 bits per heavy atom. The molecule has 1 unspecified atom stereocenters. The average Bonchev–Trinajstić information content (AvgIpc) is 3.16. The molecule has 0 spiro atoms. The summed E-state index contributed by atoms with van der Waals surface area (Å²) in [6.45, 7) is 9.15. The van der Waals surface area contributed by atoms with Crippen LogP contribution in [0, 0.1) is 11.8 Å². The van der Waals surface area contributed by atoms with Crippen molar-refractivity contribution in [2.24, 2.45) is 11.8 Å². The van der Waals surface area contributed by atoms with Gasteiger partial charge in [-0.3, -0.25) is 4.79 Å². The van der Waals surface area contributed by atoms with Crippen LogP contribution in [-0.4, -0.2) is 43.9 Å². The van der Waals surface area contributed by atoms with E-state index in [1.54, 1.807) is 0 Å². The van der Waals surface area contributed by atoms with Crippen LogP contribution >= 0.6 is 0 Å². The lowest BCUT2D eigenvalue weighted by Crippen LogP contribution is -2.38. The molecule has 1 fully saturated rings. The van der Waals surface area contributed by atoms with Crippen LogP contribution in [0.4, 0.5) is 4.79 Å². The van der Waals surface area contributed by atoms with E-state index < -0.39 is 11.7 Å². The Kier molecular flexibility index (Phi) is 6.95. The number of amides is 2. The maximum atomic E-state index is 11.5. The Hall–Kier alpha value is -1.30. The molecule has 0 saturated heterocycles. The molecule has 1 atom stereocenters. The zero-order valence-corrected chi connectivity index (χ0v) is 13.5. The molecule has 1 saturated carbocycles. The van der Waals surface area contributed by atoms with Crippen LogP contribution in [0.25, 0.3) is 0 Å². The van der Waals surface area contributed by atoms with Crippen LogP contribution in [-0.2, 0) is 14.3 Å². The third kappa shape index (κ3) is 10.1. The van der Waals surface area contributed by atoms with Crippen LogP contribution in [0.5, 0.6) is 0 Å². The van der Waals surface area contributed by atoms with Gasteiger partial charge in [0.15, 0.2) is 0 Å². The molecule has 21 heavy (non-hydrogen) atoms. The maximum Gasteiger partial charge on any atom is 0.407 e. The van der Waals surface area contributed by atoms with Crippen molar-refractivity contribution < 1.29 is 19.1 Å². The van der Waals surface area contributed by atoms with Crippen LogP contribution in [0.1, 0.15) is 40.5 Å². The summed E-state index contributed by atoms with van der Waals surface area (Å²) in [5, 5.41) is 5.48. The van der Waals surface area contributed by atoms with E-state index in [4.69, 9.17) is 9.47 Å². The van der Waals surface area contributed by atoms with E-state index in [9.17, 15) is 9.59 Å². The number of hydrogen-bond acceptors (Lipinski definition) is 4. The lowest BCUT2D eigenvalue weighted by Gasteiger charge is -2.21. The van der Waals surface area contributed by atoms with Gasteiger partial charge in [0, 0.05) is 13.1 Å². The molecule has 6 heteroatoms. The second-order valence-electron chi connectivity index (χ2n) is 6.75. The van der Waals surface area contributed by atoms with Crippen LogP contribution < -0.4 is 10.6 Å². The smallest absolute Gasteiger partial charge is 0.407 e. The minimum atomic E-state index is -0.500. The Bertz CT molecular complexity index is 348. The van der Waals surface area contributed by atoms with Gasteiger partial charge in [-0.25, -0.2) is 4.79 Å². The standard InChI is InChI=1S/C15H28N2O4/c1-11(8-17-14(19)21-15(2,3)4)7-16-13(18)10-20-9-12-5-6-12/h11-12H,5-10H2,1-4H3,(H,16,18)(H,17,19). The minimum Gasteiger partial charge on any atom is -0.444 e. The van der Waals surface area contributed by atoms with E-state index in [1.807, 2.05) is 27.7 Å². The molecule has 1 rings (SSSR count). The number of carbonyl (C=O) groups excluding carboxylic acids is 2. The molecule has 0 heterocycles. The average molecular weight is 300 g/mol. The first-order valence-electron chi connectivity index (χ1n) is 7.57. The third-order valence-electron chi connectivity index (χ3n) is 2.93. The third-order valence-corrected chi connectivity index (χ3v) is 2.93. The van der Waals surface area contributed by atoms with Gasteiger partial charge in [0.25, 0.3) is 0 Å². The Morgan fingerprint density at radius 2 is 1.81 bits per heavy atom. The zero-order valence-electron chi connectivity index (χ0n) is 13.5. The molecular formula is C15H28N2O4. The van der Waals surface area contributed by atoms with Crippen molar-refractivity contribution in [1.29, 1.82) is 0 Å². The summed E-state index contributed by atoms with van der Waals surface area (Å²) in [5.74, 6) is 0.680. The number of alkyl carbamates (subject to hydrolysis) is 1. The SMILES string of the molecule is CC(CNC(=O)COCC1CC1)CNC(=O)OC(C)(C)C. The van der Waals surface area contributed by atoms with Crippen molar-refractivity contribution in [2.45, 2.75) is 46.1 Å². The summed E-state index contributed by atoms with van der Waals surface area (Å²) < 4.78 is 10.4. The normalized spacial score (nSPS) is 16.2. The first-order valence-corrected chi connectivity index (χ1v) is 7.57. The predicted octanol–water partition coefficient (Wildman–Crippen LogP) is 1.69. The second-order valence-corrected chi connectivity index (χ2v) is 6.75.